The SMILES string of the molecule is Cc1cccc(C)c1N1CC=C[C@]23S[C@H]4/C=C\CCCOC(=O)[C@H]4[C@H]2C(=O)N([C@@H](CO)Cc2ccccc2)C3C1=O. The summed E-state index contributed by atoms with van der Waals surface area (Å²) in [6.45, 7) is 4.34. The first-order valence-electron chi connectivity index (χ1n) is 14.4. The Morgan fingerprint density at radius 1 is 1.02 bits per heavy atom. The molecule has 4 aliphatic rings. The average molecular weight is 573 g/mol. The van der Waals surface area contributed by atoms with E-state index in [9.17, 15) is 19.5 Å². The fraction of sp³-hybridized carbons (Fsp3) is 0.424. The molecule has 1 spiro atoms. The molecule has 4 aliphatic heterocycles. The smallest absolute Gasteiger partial charge is 0.311 e. The average Bonchev–Trinajstić information content (AvgIpc) is 3.38. The van der Waals surface area contributed by atoms with Crippen LogP contribution in [0.2, 0.25) is 0 Å². The van der Waals surface area contributed by atoms with Gasteiger partial charge in [-0.15, -0.1) is 11.8 Å². The highest BCUT2D eigenvalue weighted by molar-refractivity contribution is 8.02. The number of amides is 2. The number of hydrogen-bond donors (Lipinski definition) is 1. The largest absolute Gasteiger partial charge is 0.465 e. The summed E-state index contributed by atoms with van der Waals surface area (Å²) in [7, 11) is 0. The molecule has 2 saturated heterocycles. The van der Waals surface area contributed by atoms with Crippen LogP contribution in [0.25, 0.3) is 0 Å². The predicted molar refractivity (Wildman–Crippen MR) is 159 cm³/mol. The molecule has 6 rings (SSSR count). The number of benzene rings is 2. The number of carbonyl (C=O) groups is 3. The highest BCUT2D eigenvalue weighted by Crippen LogP contribution is 2.61. The first-order chi connectivity index (χ1) is 19.9. The molecule has 2 aromatic rings. The van der Waals surface area contributed by atoms with Crippen LogP contribution >= 0.6 is 11.8 Å². The van der Waals surface area contributed by atoms with Crippen molar-refractivity contribution in [1.82, 2.24) is 4.90 Å². The lowest BCUT2D eigenvalue weighted by Crippen LogP contribution is -2.57. The number of para-hydroxylation sites is 1. The molecular formula is C33H36N2O5S. The highest BCUT2D eigenvalue weighted by Gasteiger charge is 2.71. The van der Waals surface area contributed by atoms with Crippen LogP contribution in [0, 0.1) is 25.7 Å². The number of likely N-dealkylation sites (tertiary alicyclic amines) is 1. The van der Waals surface area contributed by atoms with Gasteiger partial charge in [-0.05, 0) is 49.8 Å². The molecule has 1 unspecified atom stereocenters. The van der Waals surface area contributed by atoms with Crippen LogP contribution in [-0.2, 0) is 25.5 Å². The molecule has 0 saturated carbocycles. The fourth-order valence-corrected chi connectivity index (χ4v) is 9.14. The van der Waals surface area contributed by atoms with Crippen molar-refractivity contribution < 1.29 is 24.2 Å². The standard InChI is InChI=1S/C33H36N2O5S/c1-21-11-9-12-22(2)28(21)34-17-10-16-33-27(26-25(41-33)15-7-4-8-18-40-32(26)39)30(37)35(29(33)31(34)38)24(20-36)19-23-13-5-3-6-14-23/h3,5-7,9-16,24-27,29,36H,4,8,17-20H2,1-2H3/b15-7-/t24-,25+,26-,27+,29?,33+/m1/s1. The Kier molecular flexibility index (Phi) is 7.55. The number of hydrogen-bond acceptors (Lipinski definition) is 6. The van der Waals surface area contributed by atoms with Crippen LogP contribution in [-0.4, -0.2) is 69.6 Å². The van der Waals surface area contributed by atoms with Crippen LogP contribution in [0.4, 0.5) is 5.69 Å². The van der Waals surface area contributed by atoms with Gasteiger partial charge < -0.3 is 19.6 Å². The number of thioether (sulfide) groups is 1. The zero-order chi connectivity index (χ0) is 28.7. The minimum atomic E-state index is -0.971. The molecule has 0 radical (unpaired) electrons. The van der Waals surface area contributed by atoms with Crippen molar-refractivity contribution in [3.05, 3.63) is 89.5 Å². The Labute approximate surface area is 245 Å². The Balaban J connectivity index is 1.50. The van der Waals surface area contributed by atoms with Gasteiger partial charge in [0.2, 0.25) is 5.91 Å². The van der Waals surface area contributed by atoms with Crippen molar-refractivity contribution in [3.63, 3.8) is 0 Å². The monoisotopic (exact) mass is 572 g/mol. The summed E-state index contributed by atoms with van der Waals surface area (Å²) < 4.78 is 4.70. The van der Waals surface area contributed by atoms with Crippen molar-refractivity contribution in [2.45, 2.75) is 55.2 Å². The highest BCUT2D eigenvalue weighted by atomic mass is 32.2. The van der Waals surface area contributed by atoms with E-state index in [2.05, 4.69) is 6.08 Å². The summed E-state index contributed by atoms with van der Waals surface area (Å²) in [6, 6.07) is 14.1. The number of nitrogens with zero attached hydrogens (tertiary/aromatic N) is 2. The van der Waals surface area contributed by atoms with Crippen LogP contribution in [0.1, 0.15) is 29.5 Å². The van der Waals surface area contributed by atoms with Crippen molar-refractivity contribution in [1.29, 1.82) is 0 Å². The third kappa shape index (κ3) is 4.61. The molecule has 6 atom stereocenters. The number of aryl methyl sites for hydroxylation is 2. The maximum atomic E-state index is 14.8. The molecule has 2 aromatic carbocycles. The number of fused-ring (bicyclic) bond motifs is 2. The van der Waals surface area contributed by atoms with Crippen LogP contribution in [0.3, 0.4) is 0 Å². The number of ether oxygens (including phenoxy) is 1. The van der Waals surface area contributed by atoms with Gasteiger partial charge >= 0.3 is 5.97 Å². The van der Waals surface area contributed by atoms with Gasteiger partial charge in [0.15, 0.2) is 0 Å². The van der Waals surface area contributed by atoms with Gasteiger partial charge in [-0.25, -0.2) is 0 Å². The molecule has 4 heterocycles. The molecule has 214 valence electrons. The first kappa shape index (κ1) is 27.8. The Bertz CT molecular complexity index is 1390. The second kappa shape index (κ2) is 11.1. The summed E-state index contributed by atoms with van der Waals surface area (Å²) in [6.07, 6.45) is 10.0. The normalized spacial score (nSPS) is 30.9. The van der Waals surface area contributed by atoms with E-state index >= 15 is 0 Å². The Morgan fingerprint density at radius 3 is 2.51 bits per heavy atom. The molecule has 0 bridgehead atoms. The van der Waals surface area contributed by atoms with Crippen LogP contribution < -0.4 is 4.90 Å². The van der Waals surface area contributed by atoms with Gasteiger partial charge in [-0.2, -0.15) is 0 Å². The molecule has 0 aliphatic carbocycles. The Morgan fingerprint density at radius 2 is 1.78 bits per heavy atom. The summed E-state index contributed by atoms with van der Waals surface area (Å²) in [5.41, 5.74) is 3.75. The van der Waals surface area contributed by atoms with E-state index in [1.54, 1.807) is 9.80 Å². The van der Waals surface area contributed by atoms with Crippen molar-refractivity contribution in [2.75, 3.05) is 24.7 Å². The van der Waals surface area contributed by atoms with Gasteiger partial charge in [0.1, 0.15) is 6.04 Å². The molecule has 2 amide bonds. The van der Waals surface area contributed by atoms with E-state index in [0.717, 1.165) is 35.2 Å². The lowest BCUT2D eigenvalue weighted by atomic mass is 9.78. The number of aliphatic hydroxyl groups excluding tert-OH is 1. The summed E-state index contributed by atoms with van der Waals surface area (Å²) in [5.74, 6) is -2.33. The first-order valence-corrected chi connectivity index (χ1v) is 15.3. The van der Waals surface area contributed by atoms with E-state index in [1.807, 2.05) is 80.6 Å². The number of allylic oxidation sites excluding steroid dienone is 1. The topological polar surface area (TPSA) is 87.2 Å². The van der Waals surface area contributed by atoms with Gasteiger partial charge in [0.05, 0.1) is 35.8 Å². The number of carbonyl (C=O) groups excluding carboxylic acids is 3. The van der Waals surface area contributed by atoms with Gasteiger partial charge in [-0.3, -0.25) is 14.4 Å². The quantitative estimate of drug-likeness (QED) is 0.431. The van der Waals surface area contributed by atoms with E-state index in [0.29, 0.717) is 19.6 Å². The minimum absolute atomic E-state index is 0.189. The van der Waals surface area contributed by atoms with Crippen molar-refractivity contribution >= 4 is 35.2 Å². The number of rotatable bonds is 5. The third-order valence-corrected chi connectivity index (χ3v) is 10.7. The molecule has 8 heteroatoms. The van der Waals surface area contributed by atoms with Crippen molar-refractivity contribution in [3.8, 4) is 0 Å². The summed E-state index contributed by atoms with van der Waals surface area (Å²) in [4.78, 5) is 46.4. The molecule has 1 N–H and O–H groups in total. The second-order valence-corrected chi connectivity index (χ2v) is 12.9. The van der Waals surface area contributed by atoms with Crippen molar-refractivity contribution in [2.24, 2.45) is 11.8 Å². The van der Waals surface area contributed by atoms with E-state index < -0.39 is 28.7 Å². The number of esters is 1. The summed E-state index contributed by atoms with van der Waals surface area (Å²) >= 11 is 1.53. The van der Waals surface area contributed by atoms with Gasteiger partial charge in [-0.1, -0.05) is 72.8 Å². The summed E-state index contributed by atoms with van der Waals surface area (Å²) in [5, 5.41) is 10.4. The zero-order valence-corrected chi connectivity index (χ0v) is 24.3. The van der Waals surface area contributed by atoms with Crippen LogP contribution in [0.5, 0.6) is 0 Å². The lowest BCUT2D eigenvalue weighted by molar-refractivity contribution is -0.153. The molecular weight excluding hydrogens is 536 g/mol. The Hall–Kier alpha value is -3.36. The molecule has 7 nitrogen and oxygen atoms in total. The maximum Gasteiger partial charge on any atom is 0.311 e. The fourth-order valence-electron chi connectivity index (χ4n) is 7.16. The zero-order valence-electron chi connectivity index (χ0n) is 23.4. The van der Waals surface area contributed by atoms with Gasteiger partial charge in [0.25, 0.3) is 5.91 Å². The van der Waals surface area contributed by atoms with E-state index in [1.165, 1.54) is 11.8 Å². The van der Waals surface area contributed by atoms with Gasteiger partial charge in [0, 0.05) is 17.5 Å². The number of aliphatic hydroxyl groups is 1. The minimum Gasteiger partial charge on any atom is -0.465 e. The molecule has 0 aromatic heterocycles. The predicted octanol–water partition coefficient (Wildman–Crippen LogP) is 4.00. The number of anilines is 1. The van der Waals surface area contributed by atoms with E-state index in [4.69, 9.17) is 4.74 Å². The lowest BCUT2D eigenvalue weighted by Gasteiger charge is -2.39. The third-order valence-electron chi connectivity index (χ3n) is 8.92. The molecule has 41 heavy (non-hydrogen) atoms. The van der Waals surface area contributed by atoms with Crippen LogP contribution in [0.15, 0.2) is 72.8 Å². The molecule has 2 fully saturated rings. The maximum absolute atomic E-state index is 14.8. The van der Waals surface area contributed by atoms with E-state index in [-0.39, 0.29) is 29.6 Å². The second-order valence-electron chi connectivity index (χ2n) is 11.4. The number of cyclic esters (lactones) is 1.